The Morgan fingerprint density at radius 1 is 1.00 bits per heavy atom. The lowest BCUT2D eigenvalue weighted by atomic mass is 9.94. The molecule has 2 amide bonds. The van der Waals surface area contributed by atoms with Crippen molar-refractivity contribution in [1.82, 2.24) is 15.5 Å². The average Bonchev–Trinajstić information content (AvgIpc) is 2.89. The fourth-order valence-electron chi connectivity index (χ4n) is 4.63. The molecular weight excluding hydrogens is 460 g/mol. The molecule has 0 aliphatic carbocycles. The van der Waals surface area contributed by atoms with Gasteiger partial charge in [0.05, 0.1) is 37.6 Å². The molecule has 0 bridgehead atoms. The number of nitrogens with zero attached hydrogens (tertiary/aromatic N) is 2. The first-order valence-corrected chi connectivity index (χ1v) is 12.3. The van der Waals surface area contributed by atoms with Crippen molar-refractivity contribution in [2.75, 3.05) is 57.9 Å². The summed E-state index contributed by atoms with van der Waals surface area (Å²) in [5.74, 6) is 1.14. The summed E-state index contributed by atoms with van der Waals surface area (Å²) in [6.07, 6.45) is 0. The van der Waals surface area contributed by atoms with Crippen molar-refractivity contribution in [1.29, 1.82) is 0 Å². The Morgan fingerprint density at radius 3 is 2.39 bits per heavy atom. The molecule has 4 rings (SSSR count). The van der Waals surface area contributed by atoms with Crippen molar-refractivity contribution in [3.8, 4) is 11.5 Å². The summed E-state index contributed by atoms with van der Waals surface area (Å²) in [7, 11) is 1.68. The molecule has 1 fully saturated rings. The first-order valence-electron chi connectivity index (χ1n) is 12.3. The molecule has 2 aliphatic heterocycles. The van der Waals surface area contributed by atoms with Gasteiger partial charge in [0.15, 0.2) is 0 Å². The lowest BCUT2D eigenvalue weighted by Crippen LogP contribution is -2.51. The standard InChI is InChI=1S/C27H34N4O5/c1-4-35-20-12-10-19(11-13-20)25-24(26(32)36-5-2)21(28-27(33)29-25)18-30-14-16-31(17-15-30)22-8-6-7-9-23(22)34-3/h6-13,25H,4-5,14-18H2,1-3H3,(H2,28,29,33). The van der Waals surface area contributed by atoms with Crippen LogP contribution in [0.1, 0.15) is 25.5 Å². The smallest absolute Gasteiger partial charge is 0.338 e. The predicted molar refractivity (Wildman–Crippen MR) is 137 cm³/mol. The normalized spacial score (nSPS) is 18.4. The second kappa shape index (κ2) is 11.8. The number of rotatable bonds is 9. The highest BCUT2D eigenvalue weighted by Crippen LogP contribution is 2.31. The maximum atomic E-state index is 13.1. The van der Waals surface area contributed by atoms with Gasteiger partial charge < -0.3 is 29.7 Å². The van der Waals surface area contributed by atoms with Gasteiger partial charge in [-0.25, -0.2) is 9.59 Å². The zero-order valence-electron chi connectivity index (χ0n) is 21.1. The third-order valence-corrected chi connectivity index (χ3v) is 6.35. The predicted octanol–water partition coefficient (Wildman–Crippen LogP) is 3.09. The van der Waals surface area contributed by atoms with Gasteiger partial charge in [0.1, 0.15) is 11.5 Å². The van der Waals surface area contributed by atoms with Crippen LogP contribution in [-0.2, 0) is 9.53 Å². The number of anilines is 1. The molecule has 1 atom stereocenters. The number of amides is 2. The minimum absolute atomic E-state index is 0.247. The van der Waals surface area contributed by atoms with Crippen LogP contribution in [0.15, 0.2) is 59.8 Å². The second-order valence-electron chi connectivity index (χ2n) is 8.58. The van der Waals surface area contributed by atoms with Crippen molar-refractivity contribution < 1.29 is 23.8 Å². The van der Waals surface area contributed by atoms with E-state index in [0.29, 0.717) is 24.4 Å². The maximum Gasteiger partial charge on any atom is 0.338 e. The number of carbonyl (C=O) groups is 2. The number of urea groups is 1. The van der Waals surface area contributed by atoms with Crippen molar-refractivity contribution in [3.05, 3.63) is 65.4 Å². The molecule has 0 aromatic heterocycles. The molecule has 2 N–H and O–H groups in total. The van der Waals surface area contributed by atoms with Gasteiger partial charge in [0, 0.05) is 38.4 Å². The highest BCUT2D eigenvalue weighted by Gasteiger charge is 2.34. The minimum Gasteiger partial charge on any atom is -0.495 e. The average molecular weight is 495 g/mol. The van der Waals surface area contributed by atoms with E-state index in [4.69, 9.17) is 14.2 Å². The number of hydrogen-bond acceptors (Lipinski definition) is 7. The summed E-state index contributed by atoms with van der Waals surface area (Å²) in [6, 6.07) is 14.4. The lowest BCUT2D eigenvalue weighted by Gasteiger charge is -2.38. The molecule has 2 aliphatic rings. The summed E-state index contributed by atoms with van der Waals surface area (Å²) in [5.41, 5.74) is 2.85. The van der Waals surface area contributed by atoms with E-state index >= 15 is 0 Å². The number of hydrogen-bond donors (Lipinski definition) is 2. The van der Waals surface area contributed by atoms with Gasteiger partial charge in [-0.05, 0) is 43.7 Å². The van der Waals surface area contributed by atoms with Gasteiger partial charge >= 0.3 is 12.0 Å². The number of piperazine rings is 1. The highest BCUT2D eigenvalue weighted by molar-refractivity contribution is 5.95. The zero-order valence-corrected chi connectivity index (χ0v) is 21.1. The first kappa shape index (κ1) is 25.4. The number of benzene rings is 2. The second-order valence-corrected chi connectivity index (χ2v) is 8.58. The number of methoxy groups -OCH3 is 1. The van der Waals surface area contributed by atoms with E-state index in [-0.39, 0.29) is 12.6 Å². The minimum atomic E-state index is -0.613. The summed E-state index contributed by atoms with van der Waals surface area (Å²) in [4.78, 5) is 30.2. The van der Waals surface area contributed by atoms with Crippen LogP contribution in [0.3, 0.4) is 0 Å². The molecule has 36 heavy (non-hydrogen) atoms. The quantitative estimate of drug-likeness (QED) is 0.518. The van der Waals surface area contributed by atoms with Crippen molar-refractivity contribution >= 4 is 17.7 Å². The highest BCUT2D eigenvalue weighted by atomic mass is 16.5. The van der Waals surface area contributed by atoms with Crippen LogP contribution in [0.2, 0.25) is 0 Å². The Morgan fingerprint density at radius 2 is 1.72 bits per heavy atom. The van der Waals surface area contributed by atoms with E-state index in [1.165, 1.54) is 0 Å². The van der Waals surface area contributed by atoms with Gasteiger partial charge in [-0.15, -0.1) is 0 Å². The van der Waals surface area contributed by atoms with E-state index in [0.717, 1.165) is 48.9 Å². The van der Waals surface area contributed by atoms with Crippen LogP contribution >= 0.6 is 0 Å². The van der Waals surface area contributed by atoms with Gasteiger partial charge in [0.2, 0.25) is 0 Å². The fourth-order valence-corrected chi connectivity index (χ4v) is 4.63. The van der Waals surface area contributed by atoms with E-state index in [1.54, 1.807) is 14.0 Å². The molecule has 2 aromatic rings. The number of carbonyl (C=O) groups excluding carboxylic acids is 2. The molecule has 1 unspecified atom stereocenters. The molecule has 0 saturated carbocycles. The van der Waals surface area contributed by atoms with Crippen LogP contribution < -0.4 is 25.0 Å². The largest absolute Gasteiger partial charge is 0.495 e. The molecule has 9 heteroatoms. The van der Waals surface area contributed by atoms with Gasteiger partial charge in [-0.2, -0.15) is 0 Å². The Kier molecular flexibility index (Phi) is 8.32. The Hall–Kier alpha value is -3.72. The molecule has 1 saturated heterocycles. The van der Waals surface area contributed by atoms with Crippen LogP contribution in [0.5, 0.6) is 11.5 Å². The molecule has 2 aromatic carbocycles. The summed E-state index contributed by atoms with van der Waals surface area (Å²) >= 11 is 0. The zero-order chi connectivity index (χ0) is 25.5. The third-order valence-electron chi connectivity index (χ3n) is 6.35. The summed E-state index contributed by atoms with van der Waals surface area (Å²) < 4.78 is 16.5. The molecule has 2 heterocycles. The number of esters is 1. The van der Waals surface area contributed by atoms with E-state index in [2.05, 4.69) is 26.5 Å². The van der Waals surface area contributed by atoms with E-state index in [1.807, 2.05) is 49.4 Å². The third kappa shape index (κ3) is 5.73. The lowest BCUT2D eigenvalue weighted by molar-refractivity contribution is -0.139. The Balaban J connectivity index is 1.55. The molecular formula is C27H34N4O5. The van der Waals surface area contributed by atoms with E-state index in [9.17, 15) is 9.59 Å². The van der Waals surface area contributed by atoms with Gasteiger partial charge in [-0.3, -0.25) is 4.90 Å². The first-order chi connectivity index (χ1) is 17.5. The fraction of sp³-hybridized carbons (Fsp3) is 0.407. The molecule has 0 spiro atoms. The number of ether oxygens (including phenoxy) is 3. The molecule has 0 radical (unpaired) electrons. The maximum absolute atomic E-state index is 13.1. The molecule has 9 nitrogen and oxygen atoms in total. The molecule has 192 valence electrons. The van der Waals surface area contributed by atoms with Crippen molar-refractivity contribution in [2.45, 2.75) is 19.9 Å². The van der Waals surface area contributed by atoms with Crippen LogP contribution in [0.25, 0.3) is 0 Å². The number of para-hydroxylation sites is 2. The van der Waals surface area contributed by atoms with Crippen LogP contribution in [0, 0.1) is 0 Å². The summed E-state index contributed by atoms with van der Waals surface area (Å²) in [6.45, 7) is 8.09. The van der Waals surface area contributed by atoms with Crippen LogP contribution in [-0.4, -0.2) is 69.9 Å². The Bertz CT molecular complexity index is 1090. The topological polar surface area (TPSA) is 92.4 Å². The van der Waals surface area contributed by atoms with Gasteiger partial charge in [0.25, 0.3) is 0 Å². The number of nitrogens with one attached hydrogen (secondary N) is 2. The van der Waals surface area contributed by atoms with Crippen LogP contribution in [0.4, 0.5) is 10.5 Å². The van der Waals surface area contributed by atoms with Gasteiger partial charge in [-0.1, -0.05) is 24.3 Å². The monoisotopic (exact) mass is 494 g/mol. The SMILES string of the molecule is CCOC(=O)C1=C(CN2CCN(c3ccccc3OC)CC2)NC(=O)NC1c1ccc(OCC)cc1. The van der Waals surface area contributed by atoms with E-state index < -0.39 is 12.0 Å². The van der Waals surface area contributed by atoms with Crippen molar-refractivity contribution in [3.63, 3.8) is 0 Å². The van der Waals surface area contributed by atoms with Crippen molar-refractivity contribution in [2.24, 2.45) is 0 Å². The summed E-state index contributed by atoms with van der Waals surface area (Å²) in [5, 5.41) is 5.77. The Labute approximate surface area is 212 Å².